The van der Waals surface area contributed by atoms with Crippen molar-refractivity contribution in [1.82, 2.24) is 5.32 Å². The predicted molar refractivity (Wildman–Crippen MR) is 87.4 cm³/mol. The molecule has 0 aliphatic rings. The van der Waals surface area contributed by atoms with E-state index in [1.54, 1.807) is 0 Å². The van der Waals surface area contributed by atoms with E-state index in [1.165, 1.54) is 47.9 Å². The Labute approximate surface area is 124 Å². The van der Waals surface area contributed by atoms with Gasteiger partial charge in [0.15, 0.2) is 0 Å². The fourth-order valence-electron chi connectivity index (χ4n) is 2.76. The molecule has 20 heavy (non-hydrogen) atoms. The fourth-order valence-corrected chi connectivity index (χ4v) is 2.76. The number of unbranched alkanes of at least 4 members (excludes halogenated alkanes) is 3. The number of hydrogen-bond donors (Lipinski definition) is 2. The third-order valence-electron chi connectivity index (χ3n) is 4.30. The number of hydrogen-bond acceptors (Lipinski definition) is 2. The van der Waals surface area contributed by atoms with Crippen molar-refractivity contribution in [2.45, 2.75) is 66.4 Å². The van der Waals surface area contributed by atoms with Gasteiger partial charge in [-0.1, -0.05) is 32.3 Å². The average Bonchev–Trinajstić information content (AvgIpc) is 2.41. The van der Waals surface area contributed by atoms with E-state index in [1.807, 2.05) is 0 Å². The van der Waals surface area contributed by atoms with E-state index in [0.29, 0.717) is 6.54 Å². The molecule has 0 heterocycles. The molecule has 114 valence electrons. The normalized spacial score (nSPS) is 12.7. The van der Waals surface area contributed by atoms with Crippen molar-refractivity contribution in [3.05, 3.63) is 33.9 Å². The molecule has 0 bridgehead atoms. The van der Waals surface area contributed by atoms with Gasteiger partial charge >= 0.3 is 0 Å². The highest BCUT2D eigenvalue weighted by atomic mass is 16.3. The smallest absolute Gasteiger partial charge is 0.0919 e. The van der Waals surface area contributed by atoms with Gasteiger partial charge in [-0.25, -0.2) is 0 Å². The van der Waals surface area contributed by atoms with Crippen LogP contribution in [0.4, 0.5) is 0 Å². The van der Waals surface area contributed by atoms with Gasteiger partial charge in [0.25, 0.3) is 0 Å². The number of aryl methyl sites for hydroxylation is 2. The number of aliphatic hydroxyl groups excluding tert-OH is 1. The summed E-state index contributed by atoms with van der Waals surface area (Å²) in [6, 6.07) is 2.21. The van der Waals surface area contributed by atoms with E-state index in [2.05, 4.69) is 46.0 Å². The maximum atomic E-state index is 10.5. The minimum absolute atomic E-state index is 0.403. The van der Waals surface area contributed by atoms with Crippen LogP contribution in [0.5, 0.6) is 0 Å². The van der Waals surface area contributed by atoms with E-state index in [4.69, 9.17) is 0 Å². The van der Waals surface area contributed by atoms with Crippen molar-refractivity contribution < 1.29 is 5.11 Å². The standard InChI is InChI=1S/C18H31NO/c1-6-7-8-9-10-19-12-17(20)18-15(4)13(2)11-14(3)16(18)5/h11,17,19-20H,6-10,12H2,1-5H3. The van der Waals surface area contributed by atoms with Crippen LogP contribution in [-0.2, 0) is 0 Å². The maximum absolute atomic E-state index is 10.5. The SMILES string of the molecule is CCCCCCNCC(O)c1c(C)c(C)cc(C)c1C. The molecule has 1 aromatic carbocycles. The van der Waals surface area contributed by atoms with Gasteiger partial charge in [-0.05, 0) is 68.5 Å². The second-order valence-electron chi connectivity index (χ2n) is 5.95. The predicted octanol–water partition coefficient (Wildman–Crippen LogP) is 4.12. The summed E-state index contributed by atoms with van der Waals surface area (Å²) in [4.78, 5) is 0. The van der Waals surface area contributed by atoms with Gasteiger partial charge in [-0.15, -0.1) is 0 Å². The van der Waals surface area contributed by atoms with Crippen molar-refractivity contribution in [2.75, 3.05) is 13.1 Å². The third-order valence-corrected chi connectivity index (χ3v) is 4.30. The Balaban J connectivity index is 2.57. The van der Waals surface area contributed by atoms with Crippen molar-refractivity contribution in [1.29, 1.82) is 0 Å². The summed E-state index contributed by atoms with van der Waals surface area (Å²) in [7, 11) is 0. The highest BCUT2D eigenvalue weighted by molar-refractivity contribution is 5.45. The molecule has 0 spiro atoms. The second kappa shape index (κ2) is 8.43. The molecular weight excluding hydrogens is 246 g/mol. The number of benzene rings is 1. The molecule has 0 aliphatic carbocycles. The summed E-state index contributed by atoms with van der Waals surface area (Å²) in [6.07, 6.45) is 4.65. The topological polar surface area (TPSA) is 32.3 Å². The number of nitrogens with one attached hydrogen (secondary N) is 1. The zero-order valence-electron chi connectivity index (χ0n) is 13.8. The summed E-state index contributed by atoms with van der Waals surface area (Å²) in [6.45, 7) is 12.3. The summed E-state index contributed by atoms with van der Waals surface area (Å²) in [5.74, 6) is 0. The van der Waals surface area contributed by atoms with Gasteiger partial charge in [-0.2, -0.15) is 0 Å². The van der Waals surface area contributed by atoms with Crippen LogP contribution < -0.4 is 5.32 Å². The lowest BCUT2D eigenvalue weighted by molar-refractivity contribution is 0.173. The molecule has 0 aromatic heterocycles. The van der Waals surface area contributed by atoms with Gasteiger partial charge in [0.1, 0.15) is 0 Å². The maximum Gasteiger partial charge on any atom is 0.0919 e. The highest BCUT2D eigenvalue weighted by Gasteiger charge is 2.15. The first kappa shape index (κ1) is 17.2. The van der Waals surface area contributed by atoms with E-state index in [0.717, 1.165) is 12.1 Å². The molecule has 1 unspecified atom stereocenters. The van der Waals surface area contributed by atoms with Crippen LogP contribution in [0.1, 0.15) is 66.5 Å². The average molecular weight is 277 g/mol. The largest absolute Gasteiger partial charge is 0.387 e. The van der Waals surface area contributed by atoms with Gasteiger partial charge in [-0.3, -0.25) is 0 Å². The summed E-state index contributed by atoms with van der Waals surface area (Å²) < 4.78 is 0. The molecule has 0 amide bonds. The lowest BCUT2D eigenvalue weighted by Gasteiger charge is -2.20. The molecular formula is C18H31NO. The molecule has 0 saturated carbocycles. The van der Waals surface area contributed by atoms with Gasteiger partial charge in [0.2, 0.25) is 0 Å². The van der Waals surface area contributed by atoms with Crippen molar-refractivity contribution in [3.63, 3.8) is 0 Å². The lowest BCUT2D eigenvalue weighted by atomic mass is 9.91. The quantitative estimate of drug-likeness (QED) is 0.700. The molecule has 0 saturated heterocycles. The van der Waals surface area contributed by atoms with Gasteiger partial charge in [0, 0.05) is 6.54 Å². The van der Waals surface area contributed by atoms with Crippen LogP contribution >= 0.6 is 0 Å². The van der Waals surface area contributed by atoms with Crippen molar-refractivity contribution in [2.24, 2.45) is 0 Å². The Morgan fingerprint density at radius 2 is 1.60 bits per heavy atom. The van der Waals surface area contributed by atoms with Crippen LogP contribution in [0.25, 0.3) is 0 Å². The Morgan fingerprint density at radius 3 is 2.15 bits per heavy atom. The second-order valence-corrected chi connectivity index (χ2v) is 5.95. The van der Waals surface area contributed by atoms with Crippen LogP contribution in [0.15, 0.2) is 6.07 Å². The van der Waals surface area contributed by atoms with E-state index >= 15 is 0 Å². The van der Waals surface area contributed by atoms with E-state index in [-0.39, 0.29) is 0 Å². The molecule has 1 atom stereocenters. The summed E-state index contributed by atoms with van der Waals surface area (Å²) >= 11 is 0. The zero-order chi connectivity index (χ0) is 15.1. The van der Waals surface area contributed by atoms with Gasteiger partial charge < -0.3 is 10.4 Å². The Kier molecular flexibility index (Phi) is 7.25. The Hall–Kier alpha value is -0.860. The molecule has 0 fully saturated rings. The van der Waals surface area contributed by atoms with Crippen LogP contribution in [0.3, 0.4) is 0 Å². The Bertz CT molecular complexity index is 400. The first-order valence-corrected chi connectivity index (χ1v) is 7.95. The molecule has 2 heteroatoms. The first-order valence-electron chi connectivity index (χ1n) is 7.95. The summed E-state index contributed by atoms with van der Waals surface area (Å²) in [5.41, 5.74) is 6.11. The third kappa shape index (κ3) is 4.60. The van der Waals surface area contributed by atoms with E-state index < -0.39 is 6.10 Å². The lowest BCUT2D eigenvalue weighted by Crippen LogP contribution is -2.24. The fraction of sp³-hybridized carbons (Fsp3) is 0.667. The van der Waals surface area contributed by atoms with E-state index in [9.17, 15) is 5.11 Å². The minimum atomic E-state index is -0.403. The van der Waals surface area contributed by atoms with Crippen LogP contribution in [-0.4, -0.2) is 18.2 Å². The Morgan fingerprint density at radius 1 is 1.00 bits per heavy atom. The molecule has 2 N–H and O–H groups in total. The number of rotatable bonds is 8. The van der Waals surface area contributed by atoms with Gasteiger partial charge in [0.05, 0.1) is 6.10 Å². The number of aliphatic hydroxyl groups is 1. The molecule has 1 aromatic rings. The van der Waals surface area contributed by atoms with Crippen LogP contribution in [0, 0.1) is 27.7 Å². The molecule has 0 aliphatic heterocycles. The zero-order valence-corrected chi connectivity index (χ0v) is 13.8. The monoisotopic (exact) mass is 277 g/mol. The molecule has 2 nitrogen and oxygen atoms in total. The molecule has 0 radical (unpaired) electrons. The highest BCUT2D eigenvalue weighted by Crippen LogP contribution is 2.27. The molecule has 1 rings (SSSR count). The van der Waals surface area contributed by atoms with Crippen LogP contribution in [0.2, 0.25) is 0 Å². The first-order chi connectivity index (χ1) is 9.49. The summed E-state index contributed by atoms with van der Waals surface area (Å²) in [5, 5.41) is 13.9. The van der Waals surface area contributed by atoms with Crippen molar-refractivity contribution >= 4 is 0 Å². The minimum Gasteiger partial charge on any atom is -0.387 e. The van der Waals surface area contributed by atoms with Crippen molar-refractivity contribution in [3.8, 4) is 0 Å².